The molecular weight excluding hydrogens is 723 g/mol. The monoisotopic (exact) mass is 757 g/mol. The number of benzene rings is 9. The molecule has 3 heterocycles. The van der Waals surface area contributed by atoms with Gasteiger partial charge in [0.25, 0.3) is 0 Å². The lowest BCUT2D eigenvalue weighted by Gasteiger charge is -2.28. The van der Waals surface area contributed by atoms with Gasteiger partial charge < -0.3 is 18.2 Å². The zero-order chi connectivity index (χ0) is 39.0. The average molecular weight is 758 g/mol. The summed E-state index contributed by atoms with van der Waals surface area (Å²) in [5.74, 6) is 0. The zero-order valence-corrected chi connectivity index (χ0v) is 32.4. The van der Waals surface area contributed by atoms with Gasteiger partial charge in [-0.25, -0.2) is 0 Å². The van der Waals surface area contributed by atoms with Crippen LogP contribution in [0.15, 0.2) is 189 Å². The molecule has 278 valence electrons. The van der Waals surface area contributed by atoms with E-state index in [1.807, 2.05) is 18.2 Å². The van der Waals surface area contributed by atoms with Crippen molar-refractivity contribution in [2.75, 3.05) is 4.90 Å². The Balaban J connectivity index is 1.08. The topological polar surface area (TPSA) is 42.7 Å². The van der Waals surface area contributed by atoms with Gasteiger partial charge >= 0.3 is 0 Å². The SMILES string of the molecule is CC1(C)c2ccccc2-c2ccc(N(c3ccc4oc5c(-c6cccc7c6oc6ccccc67)c6ccccc6cc5c4c3)c3cccc4c3oc3ccccc34)cc21. The van der Waals surface area contributed by atoms with Crippen molar-refractivity contribution in [3.63, 3.8) is 0 Å². The number of fused-ring (bicyclic) bond motifs is 13. The summed E-state index contributed by atoms with van der Waals surface area (Å²) in [7, 11) is 0. The van der Waals surface area contributed by atoms with Crippen LogP contribution in [0.5, 0.6) is 0 Å². The molecule has 0 saturated heterocycles. The second kappa shape index (κ2) is 11.7. The molecule has 1 aliphatic carbocycles. The molecule has 0 atom stereocenters. The lowest BCUT2D eigenvalue weighted by Crippen LogP contribution is -2.16. The number of nitrogens with zero attached hydrogens (tertiary/aromatic N) is 1. The van der Waals surface area contributed by atoms with Crippen molar-refractivity contribution >= 4 is 93.7 Å². The number of rotatable bonds is 4. The van der Waals surface area contributed by atoms with Crippen molar-refractivity contribution in [2.24, 2.45) is 0 Å². The van der Waals surface area contributed by atoms with Gasteiger partial charge in [-0.3, -0.25) is 0 Å². The molecule has 12 aromatic rings. The lowest BCUT2D eigenvalue weighted by molar-refractivity contribution is 0.660. The Morgan fingerprint density at radius 3 is 1.78 bits per heavy atom. The predicted octanol–water partition coefficient (Wildman–Crippen LogP) is 16.0. The molecule has 9 aromatic carbocycles. The Morgan fingerprint density at radius 1 is 0.373 bits per heavy atom. The fourth-order valence-electron chi connectivity index (χ4n) is 10.1. The molecule has 0 radical (unpaired) electrons. The average Bonchev–Trinajstić information content (AvgIpc) is 4.02. The molecule has 1 aliphatic rings. The first-order chi connectivity index (χ1) is 29.0. The summed E-state index contributed by atoms with van der Waals surface area (Å²) in [6.45, 7) is 4.67. The molecule has 0 unspecified atom stereocenters. The van der Waals surface area contributed by atoms with E-state index in [2.05, 4.69) is 176 Å². The number of hydrogen-bond donors (Lipinski definition) is 0. The lowest BCUT2D eigenvalue weighted by atomic mass is 9.82. The first-order valence-corrected chi connectivity index (χ1v) is 20.2. The van der Waals surface area contributed by atoms with E-state index in [1.165, 1.54) is 22.3 Å². The summed E-state index contributed by atoms with van der Waals surface area (Å²) in [5, 5.41) is 8.73. The van der Waals surface area contributed by atoms with Crippen LogP contribution in [0.2, 0.25) is 0 Å². The molecule has 0 N–H and O–H groups in total. The van der Waals surface area contributed by atoms with Crippen LogP contribution in [-0.2, 0) is 5.41 Å². The zero-order valence-electron chi connectivity index (χ0n) is 32.4. The van der Waals surface area contributed by atoms with Crippen LogP contribution in [0.3, 0.4) is 0 Å². The van der Waals surface area contributed by atoms with Gasteiger partial charge in [-0.05, 0) is 87.6 Å². The summed E-state index contributed by atoms with van der Waals surface area (Å²) >= 11 is 0. The third kappa shape index (κ3) is 4.49. The highest BCUT2D eigenvalue weighted by molar-refractivity contribution is 6.22. The standard InChI is InChI=1S/C55H35NO3/c1-55(2)45-21-8-5-15-36(45)37-27-25-34(31-46(37)55)56(47-22-12-19-41-39-17-7-10-24-49(39)58-53(41)47)33-26-28-50-43(30-33)44-29-32-13-3-4-14-35(32)51(54(44)59-50)42-20-11-18-40-38-16-6-9-23-48(38)57-52(40)42/h3-31H,1-2H3. The van der Waals surface area contributed by atoms with Crippen LogP contribution in [0, 0.1) is 0 Å². The van der Waals surface area contributed by atoms with Gasteiger partial charge in [0.2, 0.25) is 0 Å². The maximum absolute atomic E-state index is 6.97. The minimum atomic E-state index is -0.163. The predicted molar refractivity (Wildman–Crippen MR) is 243 cm³/mol. The van der Waals surface area contributed by atoms with E-state index in [1.54, 1.807) is 0 Å². The number of furan rings is 3. The Labute approximate surface area is 339 Å². The summed E-state index contributed by atoms with van der Waals surface area (Å²) < 4.78 is 20.3. The second-order valence-corrected chi connectivity index (χ2v) is 16.4. The van der Waals surface area contributed by atoms with Gasteiger partial charge in [0.05, 0.1) is 5.69 Å². The third-order valence-corrected chi connectivity index (χ3v) is 12.8. The molecule has 0 saturated carbocycles. The highest BCUT2D eigenvalue weighted by Gasteiger charge is 2.36. The largest absolute Gasteiger partial charge is 0.455 e. The van der Waals surface area contributed by atoms with Gasteiger partial charge in [0.1, 0.15) is 27.9 Å². The van der Waals surface area contributed by atoms with Crippen LogP contribution in [0.1, 0.15) is 25.0 Å². The van der Waals surface area contributed by atoms with Gasteiger partial charge in [0, 0.05) is 60.2 Å². The van der Waals surface area contributed by atoms with E-state index in [0.717, 1.165) is 105 Å². The molecule has 0 spiro atoms. The normalized spacial score (nSPS) is 13.4. The summed E-state index contributed by atoms with van der Waals surface area (Å²) in [4.78, 5) is 2.36. The minimum absolute atomic E-state index is 0.163. The molecule has 0 aliphatic heterocycles. The van der Waals surface area contributed by atoms with Crippen molar-refractivity contribution in [3.8, 4) is 22.3 Å². The molecule has 0 bridgehead atoms. The van der Waals surface area contributed by atoms with E-state index in [9.17, 15) is 0 Å². The van der Waals surface area contributed by atoms with Crippen LogP contribution in [-0.4, -0.2) is 0 Å². The molecule has 4 nitrogen and oxygen atoms in total. The first-order valence-electron chi connectivity index (χ1n) is 20.2. The van der Waals surface area contributed by atoms with Crippen LogP contribution >= 0.6 is 0 Å². The minimum Gasteiger partial charge on any atom is -0.455 e. The Morgan fingerprint density at radius 2 is 0.949 bits per heavy atom. The fourth-order valence-corrected chi connectivity index (χ4v) is 10.1. The number of para-hydroxylation sites is 4. The molecular formula is C55H35NO3. The van der Waals surface area contributed by atoms with E-state index in [0.29, 0.717) is 0 Å². The van der Waals surface area contributed by atoms with E-state index >= 15 is 0 Å². The van der Waals surface area contributed by atoms with Crippen LogP contribution < -0.4 is 4.90 Å². The van der Waals surface area contributed by atoms with Crippen molar-refractivity contribution in [3.05, 3.63) is 187 Å². The quantitative estimate of drug-likeness (QED) is 0.179. The molecule has 0 fully saturated rings. The van der Waals surface area contributed by atoms with Gasteiger partial charge in [-0.1, -0.05) is 135 Å². The van der Waals surface area contributed by atoms with Crippen molar-refractivity contribution in [1.29, 1.82) is 0 Å². The summed E-state index contributed by atoms with van der Waals surface area (Å²) in [6.07, 6.45) is 0. The molecule has 0 amide bonds. The van der Waals surface area contributed by atoms with Gasteiger partial charge in [-0.15, -0.1) is 0 Å². The van der Waals surface area contributed by atoms with Crippen LogP contribution in [0.25, 0.3) is 98.8 Å². The second-order valence-electron chi connectivity index (χ2n) is 16.4. The van der Waals surface area contributed by atoms with Crippen LogP contribution in [0.4, 0.5) is 17.1 Å². The maximum Gasteiger partial charge on any atom is 0.159 e. The van der Waals surface area contributed by atoms with E-state index < -0.39 is 0 Å². The molecule has 13 rings (SSSR count). The number of anilines is 3. The fraction of sp³-hybridized carbons (Fsp3) is 0.0545. The van der Waals surface area contributed by atoms with Gasteiger partial charge in [0.15, 0.2) is 5.58 Å². The van der Waals surface area contributed by atoms with Gasteiger partial charge in [-0.2, -0.15) is 0 Å². The Bertz CT molecular complexity index is 3730. The smallest absolute Gasteiger partial charge is 0.159 e. The number of hydrogen-bond acceptors (Lipinski definition) is 4. The maximum atomic E-state index is 6.97. The molecule has 4 heteroatoms. The van der Waals surface area contributed by atoms with Crippen molar-refractivity contribution < 1.29 is 13.3 Å². The van der Waals surface area contributed by atoms with Crippen molar-refractivity contribution in [1.82, 2.24) is 0 Å². The molecule has 59 heavy (non-hydrogen) atoms. The Kier molecular flexibility index (Phi) is 6.48. The van der Waals surface area contributed by atoms with Crippen molar-refractivity contribution in [2.45, 2.75) is 19.3 Å². The third-order valence-electron chi connectivity index (χ3n) is 12.8. The Hall–Kier alpha value is -7.56. The highest BCUT2D eigenvalue weighted by Crippen LogP contribution is 2.52. The summed E-state index contributed by atoms with van der Waals surface area (Å²) in [5.41, 5.74) is 15.3. The van der Waals surface area contributed by atoms with E-state index in [4.69, 9.17) is 13.3 Å². The van der Waals surface area contributed by atoms with E-state index in [-0.39, 0.29) is 5.41 Å². The summed E-state index contributed by atoms with van der Waals surface area (Å²) in [6, 6.07) is 62.7. The molecule has 3 aromatic heterocycles. The highest BCUT2D eigenvalue weighted by atomic mass is 16.3. The first kappa shape index (κ1) is 32.5.